The Bertz CT molecular complexity index is 1120. The number of benzene rings is 2. The predicted molar refractivity (Wildman–Crippen MR) is 154 cm³/mol. The number of amides is 1. The number of rotatable bonds is 10. The molecule has 2 aromatic rings. The van der Waals surface area contributed by atoms with Gasteiger partial charge < -0.3 is 39.0 Å². The van der Waals surface area contributed by atoms with Crippen molar-refractivity contribution in [1.82, 2.24) is 4.90 Å². The number of aliphatic hydroxyl groups excluding tert-OH is 1. The van der Waals surface area contributed by atoms with Crippen LogP contribution < -0.4 is 14.4 Å². The van der Waals surface area contributed by atoms with E-state index in [1.54, 1.807) is 14.2 Å². The molecule has 0 radical (unpaired) electrons. The zero-order valence-corrected chi connectivity index (χ0v) is 24.3. The van der Waals surface area contributed by atoms with E-state index in [2.05, 4.69) is 11.0 Å². The van der Waals surface area contributed by atoms with Crippen LogP contribution in [-0.4, -0.2) is 87.0 Å². The minimum atomic E-state index is -1.01. The van der Waals surface area contributed by atoms with Gasteiger partial charge in [0.2, 0.25) is 0 Å². The van der Waals surface area contributed by atoms with Gasteiger partial charge in [-0.05, 0) is 47.2 Å². The molecule has 220 valence electrons. The lowest BCUT2D eigenvalue weighted by Crippen LogP contribution is -2.55. The summed E-state index contributed by atoms with van der Waals surface area (Å²) in [6.45, 7) is 9.72. The molecule has 4 atom stereocenters. The van der Waals surface area contributed by atoms with Crippen LogP contribution in [0.15, 0.2) is 42.5 Å². The molecule has 0 saturated carbocycles. The van der Waals surface area contributed by atoms with Crippen LogP contribution in [0.5, 0.6) is 11.5 Å². The van der Waals surface area contributed by atoms with Crippen molar-refractivity contribution in [2.24, 2.45) is 11.3 Å². The third-order valence-corrected chi connectivity index (χ3v) is 7.98. The molecule has 4 rings (SSSR count). The predicted octanol–water partition coefficient (Wildman–Crippen LogP) is 4.62. The molecule has 2 aliphatic heterocycles. The lowest BCUT2D eigenvalue weighted by molar-refractivity contribution is -0.0873. The van der Waals surface area contributed by atoms with Crippen molar-refractivity contribution < 1.29 is 34.0 Å². The molecule has 9 nitrogen and oxygen atoms in total. The highest BCUT2D eigenvalue weighted by molar-refractivity contribution is 5.65. The Morgan fingerprint density at radius 1 is 1.12 bits per heavy atom. The van der Waals surface area contributed by atoms with Crippen LogP contribution in [0.1, 0.15) is 44.2 Å². The van der Waals surface area contributed by atoms with Gasteiger partial charge >= 0.3 is 6.09 Å². The molecular formula is C31H44N2O7. The fraction of sp³-hybridized carbons (Fsp3) is 0.581. The zero-order valence-electron chi connectivity index (χ0n) is 24.3. The minimum absolute atomic E-state index is 0.206. The molecule has 1 amide bonds. The summed E-state index contributed by atoms with van der Waals surface area (Å²) in [7, 11) is 3.34. The number of aliphatic hydroxyl groups is 1. The van der Waals surface area contributed by atoms with Crippen LogP contribution in [0.3, 0.4) is 0 Å². The van der Waals surface area contributed by atoms with E-state index in [1.165, 1.54) is 4.90 Å². The smallest absolute Gasteiger partial charge is 0.407 e. The summed E-state index contributed by atoms with van der Waals surface area (Å²) in [6.07, 6.45) is -1.28. The number of ether oxygens (including phenoxy) is 4. The number of hydrogen-bond acceptors (Lipinski definition) is 7. The first kappa shape index (κ1) is 30.0. The van der Waals surface area contributed by atoms with E-state index in [0.29, 0.717) is 19.8 Å². The monoisotopic (exact) mass is 556 g/mol. The molecule has 0 aliphatic carbocycles. The van der Waals surface area contributed by atoms with Crippen LogP contribution in [0.25, 0.3) is 0 Å². The Balaban J connectivity index is 1.61. The maximum atomic E-state index is 12.2. The van der Waals surface area contributed by atoms with Crippen LogP contribution in [0.2, 0.25) is 0 Å². The van der Waals surface area contributed by atoms with Gasteiger partial charge in [-0.1, -0.05) is 39.0 Å². The second kappa shape index (κ2) is 13.1. The van der Waals surface area contributed by atoms with Crippen molar-refractivity contribution >= 4 is 11.8 Å². The third kappa shape index (κ3) is 7.00. The quantitative estimate of drug-likeness (QED) is 0.409. The molecule has 2 heterocycles. The third-order valence-electron chi connectivity index (χ3n) is 7.98. The number of anilines is 1. The van der Waals surface area contributed by atoms with Crippen molar-refractivity contribution in [3.8, 4) is 11.5 Å². The fourth-order valence-corrected chi connectivity index (χ4v) is 5.83. The maximum absolute atomic E-state index is 12.2. The number of piperidine rings is 1. The lowest BCUT2D eigenvalue weighted by atomic mass is 9.69. The lowest BCUT2D eigenvalue weighted by Gasteiger charge is -2.47. The Morgan fingerprint density at radius 2 is 1.88 bits per heavy atom. The highest BCUT2D eigenvalue weighted by Gasteiger charge is 2.46. The number of nitrogens with zero attached hydrogens (tertiary/aromatic N) is 2. The topological polar surface area (TPSA) is 101 Å². The summed E-state index contributed by atoms with van der Waals surface area (Å²) in [5.74, 6) is 1.04. The van der Waals surface area contributed by atoms with Gasteiger partial charge in [-0.15, -0.1) is 0 Å². The molecule has 1 unspecified atom stereocenters. The molecule has 2 aromatic carbocycles. The number of fused-ring (bicyclic) bond motifs is 1. The summed E-state index contributed by atoms with van der Waals surface area (Å²) in [4.78, 5) is 15.9. The normalized spacial score (nSPS) is 21.9. The summed E-state index contributed by atoms with van der Waals surface area (Å²) in [6, 6.07) is 13.9. The fourth-order valence-electron chi connectivity index (χ4n) is 5.83. The molecular weight excluding hydrogens is 512 g/mol. The zero-order chi connectivity index (χ0) is 28.9. The summed E-state index contributed by atoms with van der Waals surface area (Å²) in [5.41, 5.74) is 2.57. The van der Waals surface area contributed by atoms with Crippen LogP contribution >= 0.6 is 0 Å². The Labute approximate surface area is 237 Å². The van der Waals surface area contributed by atoms with Crippen molar-refractivity contribution in [2.75, 3.05) is 58.5 Å². The van der Waals surface area contributed by atoms with E-state index in [4.69, 9.17) is 18.9 Å². The van der Waals surface area contributed by atoms with E-state index < -0.39 is 23.7 Å². The van der Waals surface area contributed by atoms with Crippen molar-refractivity contribution in [1.29, 1.82) is 0 Å². The second-order valence-corrected chi connectivity index (χ2v) is 11.8. The highest BCUT2D eigenvalue weighted by atomic mass is 16.5. The molecule has 40 heavy (non-hydrogen) atoms. The van der Waals surface area contributed by atoms with Gasteiger partial charge in [-0.3, -0.25) is 0 Å². The molecule has 0 bridgehead atoms. The Morgan fingerprint density at radius 3 is 2.52 bits per heavy atom. The van der Waals surface area contributed by atoms with Crippen molar-refractivity contribution in [3.05, 3.63) is 53.6 Å². The van der Waals surface area contributed by atoms with Crippen molar-refractivity contribution in [2.45, 2.75) is 51.9 Å². The van der Waals surface area contributed by atoms with E-state index in [-0.39, 0.29) is 24.9 Å². The van der Waals surface area contributed by atoms with Crippen LogP contribution in [0, 0.1) is 11.3 Å². The standard InChI is InChI=1S/C31H44N2O7/c1-31(2,3)29(34)24-18-33(30(35)36)19-27(28(24)22-8-10-23(38-5)11-9-22)40-20-21-7-12-26-25(17-21)32(14-16-39-26)13-6-15-37-4/h7-12,17,24,27-29,34H,6,13-16,18-20H2,1-5H3,(H,35,36)/t24-,27+,28+,29?/m1/s1. The van der Waals surface area contributed by atoms with E-state index in [1.807, 2.05) is 57.2 Å². The first-order valence-corrected chi connectivity index (χ1v) is 14.0. The maximum Gasteiger partial charge on any atom is 0.407 e. The summed E-state index contributed by atoms with van der Waals surface area (Å²) < 4.78 is 23.1. The van der Waals surface area contributed by atoms with Crippen LogP contribution in [-0.2, 0) is 16.1 Å². The molecule has 1 saturated heterocycles. The van der Waals surface area contributed by atoms with E-state index >= 15 is 0 Å². The Kier molecular flexibility index (Phi) is 9.81. The Hall–Kier alpha value is -3.01. The van der Waals surface area contributed by atoms with Gasteiger partial charge in [0.15, 0.2) is 0 Å². The molecule has 1 fully saturated rings. The largest absolute Gasteiger partial charge is 0.497 e. The number of likely N-dealkylation sites (tertiary alicyclic amines) is 1. The van der Waals surface area contributed by atoms with Crippen molar-refractivity contribution in [3.63, 3.8) is 0 Å². The van der Waals surface area contributed by atoms with Gasteiger partial charge in [0.1, 0.15) is 18.1 Å². The minimum Gasteiger partial charge on any atom is -0.497 e. The van der Waals surface area contributed by atoms with Gasteiger partial charge in [-0.25, -0.2) is 4.79 Å². The SMILES string of the molecule is COCCCN1CCOc2ccc(CO[C@H]3CN(C(=O)O)C[C@@H](C(O)C(C)(C)C)[C@@H]3c3ccc(OC)cc3)cc21. The molecule has 0 spiro atoms. The number of carbonyl (C=O) groups is 1. The van der Waals surface area contributed by atoms with Gasteiger partial charge in [0.05, 0.1) is 44.7 Å². The molecule has 2 aliphatic rings. The average Bonchev–Trinajstić information content (AvgIpc) is 2.95. The van der Waals surface area contributed by atoms with E-state index in [9.17, 15) is 15.0 Å². The number of methoxy groups -OCH3 is 2. The van der Waals surface area contributed by atoms with Gasteiger partial charge in [0, 0.05) is 38.6 Å². The number of carboxylic acid groups (broad SMARTS) is 1. The van der Waals surface area contributed by atoms with E-state index in [0.717, 1.165) is 47.8 Å². The first-order chi connectivity index (χ1) is 19.1. The molecule has 9 heteroatoms. The molecule has 0 aromatic heterocycles. The molecule has 2 N–H and O–H groups in total. The summed E-state index contributed by atoms with van der Waals surface area (Å²) in [5, 5.41) is 21.4. The first-order valence-electron chi connectivity index (χ1n) is 14.0. The highest BCUT2D eigenvalue weighted by Crippen LogP contribution is 2.42. The number of hydrogen-bond donors (Lipinski definition) is 2. The van der Waals surface area contributed by atoms with Gasteiger partial charge in [0.25, 0.3) is 0 Å². The average molecular weight is 557 g/mol. The van der Waals surface area contributed by atoms with Crippen LogP contribution in [0.4, 0.5) is 10.5 Å². The van der Waals surface area contributed by atoms with Gasteiger partial charge in [-0.2, -0.15) is 0 Å². The summed E-state index contributed by atoms with van der Waals surface area (Å²) >= 11 is 0. The second-order valence-electron chi connectivity index (χ2n) is 11.8.